The molecule has 1 aliphatic rings. The molecule has 2 rings (SSSR count). The molecule has 1 aliphatic heterocycles. The topological polar surface area (TPSA) is 91.3 Å². The van der Waals surface area contributed by atoms with Crippen LogP contribution < -0.4 is 0 Å². The van der Waals surface area contributed by atoms with Gasteiger partial charge >= 0.3 is 11.9 Å². The molecule has 1 N–H and O–H groups in total. The Bertz CT molecular complexity index is 580. The van der Waals surface area contributed by atoms with Crippen molar-refractivity contribution in [1.82, 2.24) is 0 Å². The first kappa shape index (κ1) is 19.8. The van der Waals surface area contributed by atoms with Crippen LogP contribution >= 0.6 is 15.9 Å². The monoisotopic (exact) mass is 416 g/mol. The third-order valence-corrected chi connectivity index (χ3v) is 4.38. The van der Waals surface area contributed by atoms with Gasteiger partial charge in [-0.25, -0.2) is 0 Å². The van der Waals surface area contributed by atoms with Crippen molar-refractivity contribution in [2.45, 2.75) is 49.9 Å². The quantitative estimate of drug-likeness (QED) is 0.555. The van der Waals surface area contributed by atoms with Gasteiger partial charge in [0.05, 0.1) is 13.2 Å². The molecule has 25 heavy (non-hydrogen) atoms. The summed E-state index contributed by atoms with van der Waals surface area (Å²) in [7, 11) is 0. The van der Waals surface area contributed by atoms with E-state index in [1.54, 1.807) is 0 Å². The third-order valence-electron chi connectivity index (χ3n) is 3.65. The van der Waals surface area contributed by atoms with Crippen molar-refractivity contribution >= 4 is 27.9 Å². The Kier molecular flexibility index (Phi) is 7.37. The minimum absolute atomic E-state index is 0.221. The zero-order chi connectivity index (χ0) is 18.4. The molecule has 0 aromatic heterocycles. The Labute approximate surface area is 154 Å². The molecule has 138 valence electrons. The SMILES string of the molecule is CC(=O)O[C@@H]1[C@@H](OCc2ccccc2)[C@H](OC(C)=O)[C@@H](CO)O[C@@H]1Br. The van der Waals surface area contributed by atoms with Crippen LogP contribution in [0.4, 0.5) is 0 Å². The average molecular weight is 417 g/mol. The van der Waals surface area contributed by atoms with E-state index in [2.05, 4.69) is 15.9 Å². The van der Waals surface area contributed by atoms with E-state index in [9.17, 15) is 14.7 Å². The molecule has 5 atom stereocenters. The van der Waals surface area contributed by atoms with E-state index in [1.165, 1.54) is 13.8 Å². The lowest BCUT2D eigenvalue weighted by atomic mass is 9.99. The molecule has 1 aromatic carbocycles. The fourth-order valence-electron chi connectivity index (χ4n) is 2.62. The number of halogens is 1. The number of hydrogen-bond acceptors (Lipinski definition) is 7. The predicted molar refractivity (Wildman–Crippen MR) is 90.8 cm³/mol. The van der Waals surface area contributed by atoms with Gasteiger partial charge in [0, 0.05) is 13.8 Å². The summed E-state index contributed by atoms with van der Waals surface area (Å²) in [6.45, 7) is 2.37. The third kappa shape index (κ3) is 5.50. The van der Waals surface area contributed by atoms with Gasteiger partial charge in [-0.2, -0.15) is 0 Å². The molecule has 1 saturated heterocycles. The van der Waals surface area contributed by atoms with Crippen molar-refractivity contribution in [3.05, 3.63) is 35.9 Å². The van der Waals surface area contributed by atoms with Crippen molar-refractivity contribution in [2.24, 2.45) is 0 Å². The van der Waals surface area contributed by atoms with Gasteiger partial charge < -0.3 is 24.1 Å². The number of carbonyl (C=O) groups is 2. The Morgan fingerprint density at radius 2 is 1.68 bits per heavy atom. The van der Waals surface area contributed by atoms with Crippen LogP contribution in [0, 0.1) is 0 Å². The van der Waals surface area contributed by atoms with Gasteiger partial charge in [-0.3, -0.25) is 9.59 Å². The molecular weight excluding hydrogens is 396 g/mol. The van der Waals surface area contributed by atoms with Crippen molar-refractivity contribution in [1.29, 1.82) is 0 Å². The van der Waals surface area contributed by atoms with Crippen LogP contribution in [0.15, 0.2) is 30.3 Å². The second-order valence-electron chi connectivity index (χ2n) is 5.62. The molecule has 7 nitrogen and oxygen atoms in total. The van der Waals surface area contributed by atoms with Gasteiger partial charge in [-0.15, -0.1) is 0 Å². The van der Waals surface area contributed by atoms with E-state index in [0.29, 0.717) is 0 Å². The molecule has 0 radical (unpaired) electrons. The van der Waals surface area contributed by atoms with Crippen LogP contribution in [-0.4, -0.2) is 53.1 Å². The largest absolute Gasteiger partial charge is 0.457 e. The number of rotatable bonds is 6. The normalized spacial score (nSPS) is 29.0. The second kappa shape index (κ2) is 9.28. The Morgan fingerprint density at radius 1 is 1.08 bits per heavy atom. The Balaban J connectivity index is 2.23. The maximum absolute atomic E-state index is 11.5. The summed E-state index contributed by atoms with van der Waals surface area (Å²) in [5.74, 6) is -1.06. The zero-order valence-corrected chi connectivity index (χ0v) is 15.5. The number of esters is 2. The molecule has 0 amide bonds. The summed E-state index contributed by atoms with van der Waals surface area (Å²) in [5, 5.41) is 8.86. The first-order chi connectivity index (χ1) is 11.9. The number of ether oxygens (including phenoxy) is 4. The highest BCUT2D eigenvalue weighted by Gasteiger charge is 2.49. The van der Waals surface area contributed by atoms with E-state index in [-0.39, 0.29) is 13.2 Å². The predicted octanol–water partition coefficient (Wildman–Crippen LogP) is 1.55. The summed E-state index contributed by atoms with van der Waals surface area (Å²) in [5.41, 5.74) is 0.906. The standard InChI is InChI=1S/C17H21BrO7/c1-10(20)23-14-13(8-19)25-17(18)16(24-11(2)21)15(14)22-9-12-6-4-3-5-7-12/h3-7,13-17,19H,8-9H2,1-2H3/t13-,14-,15+,16-,17+/m1/s1. The van der Waals surface area contributed by atoms with Gasteiger partial charge in [0.2, 0.25) is 0 Å². The van der Waals surface area contributed by atoms with Crippen LogP contribution in [-0.2, 0) is 35.1 Å². The van der Waals surface area contributed by atoms with Crippen molar-refractivity contribution < 1.29 is 33.6 Å². The van der Waals surface area contributed by atoms with Crippen molar-refractivity contribution in [2.75, 3.05) is 6.61 Å². The smallest absolute Gasteiger partial charge is 0.303 e. The van der Waals surface area contributed by atoms with Gasteiger partial charge in [0.15, 0.2) is 17.2 Å². The molecule has 1 aromatic rings. The highest BCUT2D eigenvalue weighted by atomic mass is 79.9. The summed E-state index contributed by atoms with van der Waals surface area (Å²) >= 11 is 3.29. The Hall–Kier alpha value is -1.48. The summed E-state index contributed by atoms with van der Waals surface area (Å²) in [6.07, 6.45) is -3.36. The first-order valence-corrected chi connectivity index (χ1v) is 8.74. The summed E-state index contributed by atoms with van der Waals surface area (Å²) in [6, 6.07) is 9.41. The van der Waals surface area contributed by atoms with Crippen molar-refractivity contribution in [3.63, 3.8) is 0 Å². The minimum atomic E-state index is -0.913. The van der Waals surface area contributed by atoms with Gasteiger partial charge in [0.25, 0.3) is 0 Å². The number of alkyl halides is 1. The zero-order valence-electron chi connectivity index (χ0n) is 14.0. The van der Waals surface area contributed by atoms with E-state index in [4.69, 9.17) is 18.9 Å². The number of aliphatic hydroxyl groups is 1. The Morgan fingerprint density at radius 3 is 2.24 bits per heavy atom. The highest BCUT2D eigenvalue weighted by molar-refractivity contribution is 9.09. The maximum atomic E-state index is 11.5. The second-order valence-corrected chi connectivity index (χ2v) is 6.52. The van der Waals surface area contributed by atoms with Crippen LogP contribution in [0.1, 0.15) is 19.4 Å². The molecule has 0 bridgehead atoms. The first-order valence-electron chi connectivity index (χ1n) is 7.82. The molecule has 8 heteroatoms. The van der Waals surface area contributed by atoms with E-state index in [0.717, 1.165) is 5.56 Å². The van der Waals surface area contributed by atoms with Gasteiger partial charge in [0.1, 0.15) is 12.2 Å². The minimum Gasteiger partial charge on any atom is -0.457 e. The molecule has 0 saturated carbocycles. The highest BCUT2D eigenvalue weighted by Crippen LogP contribution is 2.31. The van der Waals surface area contributed by atoms with Crippen LogP contribution in [0.25, 0.3) is 0 Å². The molecular formula is C17H21BrO7. The summed E-state index contributed by atoms with van der Waals surface area (Å²) < 4.78 is 22.1. The number of benzene rings is 1. The fraction of sp³-hybridized carbons (Fsp3) is 0.529. The van der Waals surface area contributed by atoms with Gasteiger partial charge in [-0.1, -0.05) is 46.3 Å². The van der Waals surface area contributed by atoms with E-state index >= 15 is 0 Å². The lowest BCUT2D eigenvalue weighted by molar-refractivity contribution is -0.239. The maximum Gasteiger partial charge on any atom is 0.303 e. The van der Waals surface area contributed by atoms with Crippen LogP contribution in [0.5, 0.6) is 0 Å². The van der Waals surface area contributed by atoms with Crippen LogP contribution in [0.2, 0.25) is 0 Å². The lowest BCUT2D eigenvalue weighted by Gasteiger charge is -2.43. The molecule has 0 aliphatic carbocycles. The average Bonchev–Trinajstić information content (AvgIpc) is 2.57. The number of hydrogen-bond donors (Lipinski definition) is 1. The molecule has 0 spiro atoms. The summed E-state index contributed by atoms with van der Waals surface area (Å²) in [4.78, 5) is 22.9. The number of aliphatic hydroxyl groups excluding tert-OH is 1. The fourth-order valence-corrected chi connectivity index (χ4v) is 3.31. The number of carbonyl (C=O) groups excluding carboxylic acids is 2. The molecule has 1 fully saturated rings. The molecule has 0 unspecified atom stereocenters. The lowest BCUT2D eigenvalue weighted by Crippen LogP contribution is -2.60. The van der Waals surface area contributed by atoms with E-state index < -0.39 is 41.4 Å². The van der Waals surface area contributed by atoms with E-state index in [1.807, 2.05) is 30.3 Å². The van der Waals surface area contributed by atoms with Crippen molar-refractivity contribution in [3.8, 4) is 0 Å². The van der Waals surface area contributed by atoms with Crippen LogP contribution in [0.3, 0.4) is 0 Å². The molecule has 1 heterocycles. The van der Waals surface area contributed by atoms with Gasteiger partial charge in [-0.05, 0) is 5.56 Å².